The molecule has 1 aliphatic heterocycles. The van der Waals surface area contributed by atoms with E-state index in [0.29, 0.717) is 18.0 Å². The fraction of sp³-hybridized carbons (Fsp3) is 0.615. The molecule has 1 saturated heterocycles. The minimum Gasteiger partial charge on any atom is -0.367 e. The van der Waals surface area contributed by atoms with Crippen LogP contribution in [0.5, 0.6) is 0 Å². The molecule has 1 aromatic heterocycles. The molecule has 0 aliphatic carbocycles. The summed E-state index contributed by atoms with van der Waals surface area (Å²) in [5.41, 5.74) is 8.38. The molecule has 3 nitrogen and oxygen atoms in total. The quantitative estimate of drug-likeness (QED) is 0.785. The molecule has 2 heterocycles. The molecule has 1 aromatic rings. The minimum absolute atomic E-state index is 0.338. The summed E-state index contributed by atoms with van der Waals surface area (Å²) in [5.74, 6) is 0.537. The van der Waals surface area contributed by atoms with Gasteiger partial charge in [0.25, 0.3) is 0 Å². The number of rotatable bonds is 1. The number of hydrogen-bond acceptors (Lipinski definition) is 3. The molecule has 0 spiro atoms. The highest BCUT2D eigenvalue weighted by molar-refractivity contribution is 5.46. The van der Waals surface area contributed by atoms with Gasteiger partial charge >= 0.3 is 0 Å². The number of nitrogens with zero attached hydrogens (tertiary/aromatic N) is 2. The standard InChI is InChI=1S/C13H21N3/c1-9-4-5-12(8-15-9)16-7-6-13(14)10(2)11(16)3/h4-5,8,10-11,13H,6-7,14H2,1-3H3. The summed E-state index contributed by atoms with van der Waals surface area (Å²) < 4.78 is 0. The molecule has 3 heteroatoms. The molecule has 0 radical (unpaired) electrons. The highest BCUT2D eigenvalue weighted by Gasteiger charge is 2.30. The maximum Gasteiger partial charge on any atom is 0.0555 e. The predicted molar refractivity (Wildman–Crippen MR) is 67.5 cm³/mol. The van der Waals surface area contributed by atoms with E-state index in [0.717, 1.165) is 18.7 Å². The Kier molecular flexibility index (Phi) is 3.15. The van der Waals surface area contributed by atoms with Gasteiger partial charge in [-0.15, -0.1) is 0 Å². The summed E-state index contributed by atoms with van der Waals surface area (Å²) in [6.07, 6.45) is 3.04. The van der Waals surface area contributed by atoms with Gasteiger partial charge in [-0.25, -0.2) is 0 Å². The van der Waals surface area contributed by atoms with Gasteiger partial charge in [0.2, 0.25) is 0 Å². The second kappa shape index (κ2) is 4.42. The molecule has 3 unspecified atom stereocenters. The zero-order valence-electron chi connectivity index (χ0n) is 10.4. The lowest BCUT2D eigenvalue weighted by molar-refractivity contribution is 0.315. The lowest BCUT2D eigenvalue weighted by Gasteiger charge is -2.42. The van der Waals surface area contributed by atoms with Gasteiger partial charge in [0.15, 0.2) is 0 Å². The van der Waals surface area contributed by atoms with Crippen LogP contribution in [-0.4, -0.2) is 23.6 Å². The number of nitrogens with two attached hydrogens (primary N) is 1. The third kappa shape index (κ3) is 2.05. The molecular weight excluding hydrogens is 198 g/mol. The van der Waals surface area contributed by atoms with Crippen molar-refractivity contribution in [3.8, 4) is 0 Å². The van der Waals surface area contributed by atoms with Crippen molar-refractivity contribution in [1.29, 1.82) is 0 Å². The van der Waals surface area contributed by atoms with Crippen molar-refractivity contribution >= 4 is 5.69 Å². The Morgan fingerprint density at radius 2 is 2.12 bits per heavy atom. The van der Waals surface area contributed by atoms with E-state index in [1.165, 1.54) is 5.69 Å². The van der Waals surface area contributed by atoms with Gasteiger partial charge in [0.05, 0.1) is 11.9 Å². The molecule has 2 rings (SSSR count). The summed E-state index contributed by atoms with van der Waals surface area (Å²) >= 11 is 0. The molecule has 0 amide bonds. The fourth-order valence-corrected chi connectivity index (χ4v) is 2.39. The number of anilines is 1. The molecule has 0 bridgehead atoms. The lowest BCUT2D eigenvalue weighted by atomic mass is 9.87. The van der Waals surface area contributed by atoms with Crippen molar-refractivity contribution in [1.82, 2.24) is 4.98 Å². The second-order valence-electron chi connectivity index (χ2n) is 4.90. The molecule has 88 valence electrons. The molecular formula is C13H21N3. The summed E-state index contributed by atoms with van der Waals surface area (Å²) in [6.45, 7) is 7.55. The Labute approximate surface area is 97.7 Å². The topological polar surface area (TPSA) is 42.1 Å². The Bertz CT molecular complexity index is 347. The predicted octanol–water partition coefficient (Wildman–Crippen LogP) is 1.95. The van der Waals surface area contributed by atoms with Crippen LogP contribution in [0.15, 0.2) is 18.3 Å². The highest BCUT2D eigenvalue weighted by atomic mass is 15.2. The first-order valence-electron chi connectivity index (χ1n) is 6.04. The molecule has 16 heavy (non-hydrogen) atoms. The lowest BCUT2D eigenvalue weighted by Crippen LogP contribution is -2.51. The van der Waals surface area contributed by atoms with Gasteiger partial charge in [-0.3, -0.25) is 4.98 Å². The highest BCUT2D eigenvalue weighted by Crippen LogP contribution is 2.27. The van der Waals surface area contributed by atoms with E-state index in [1.807, 2.05) is 13.1 Å². The van der Waals surface area contributed by atoms with Crippen LogP contribution in [0.4, 0.5) is 5.69 Å². The zero-order chi connectivity index (χ0) is 11.7. The SMILES string of the molecule is Cc1ccc(N2CCC(N)C(C)C2C)cn1. The first-order valence-corrected chi connectivity index (χ1v) is 6.04. The zero-order valence-corrected chi connectivity index (χ0v) is 10.4. The van der Waals surface area contributed by atoms with Gasteiger partial charge < -0.3 is 10.6 Å². The Balaban J connectivity index is 2.18. The summed E-state index contributed by atoms with van der Waals surface area (Å²) in [5, 5.41) is 0. The van der Waals surface area contributed by atoms with Crippen LogP contribution in [0.25, 0.3) is 0 Å². The third-order valence-corrected chi connectivity index (χ3v) is 3.86. The van der Waals surface area contributed by atoms with Crippen LogP contribution < -0.4 is 10.6 Å². The molecule has 2 N–H and O–H groups in total. The van der Waals surface area contributed by atoms with E-state index in [2.05, 4.69) is 35.9 Å². The molecule has 3 atom stereocenters. The largest absolute Gasteiger partial charge is 0.367 e. The van der Waals surface area contributed by atoms with Gasteiger partial charge in [-0.2, -0.15) is 0 Å². The van der Waals surface area contributed by atoms with Crippen molar-refractivity contribution in [2.24, 2.45) is 11.7 Å². The van der Waals surface area contributed by atoms with Gasteiger partial charge in [-0.05, 0) is 38.3 Å². The maximum absolute atomic E-state index is 6.09. The van der Waals surface area contributed by atoms with E-state index in [1.54, 1.807) is 0 Å². The second-order valence-corrected chi connectivity index (χ2v) is 4.90. The van der Waals surface area contributed by atoms with E-state index in [4.69, 9.17) is 5.73 Å². The van der Waals surface area contributed by atoms with Crippen molar-refractivity contribution in [3.63, 3.8) is 0 Å². The van der Waals surface area contributed by atoms with E-state index < -0.39 is 0 Å². The molecule has 1 fully saturated rings. The Morgan fingerprint density at radius 3 is 2.75 bits per heavy atom. The average Bonchev–Trinajstić information content (AvgIpc) is 2.28. The summed E-state index contributed by atoms with van der Waals surface area (Å²) in [7, 11) is 0. The van der Waals surface area contributed by atoms with Crippen molar-refractivity contribution in [3.05, 3.63) is 24.0 Å². The van der Waals surface area contributed by atoms with Gasteiger partial charge in [-0.1, -0.05) is 6.92 Å². The van der Waals surface area contributed by atoms with Crippen molar-refractivity contribution in [2.45, 2.75) is 39.3 Å². The fourth-order valence-electron chi connectivity index (χ4n) is 2.39. The van der Waals surface area contributed by atoms with E-state index in [-0.39, 0.29) is 0 Å². The number of hydrogen-bond donors (Lipinski definition) is 1. The van der Waals surface area contributed by atoms with Crippen LogP contribution in [0, 0.1) is 12.8 Å². The van der Waals surface area contributed by atoms with Crippen LogP contribution in [0.3, 0.4) is 0 Å². The summed E-state index contributed by atoms with van der Waals surface area (Å²) in [4.78, 5) is 6.78. The Morgan fingerprint density at radius 1 is 1.38 bits per heavy atom. The van der Waals surface area contributed by atoms with Gasteiger partial charge in [0.1, 0.15) is 0 Å². The molecule has 0 saturated carbocycles. The third-order valence-electron chi connectivity index (χ3n) is 3.86. The van der Waals surface area contributed by atoms with Crippen molar-refractivity contribution < 1.29 is 0 Å². The van der Waals surface area contributed by atoms with Crippen LogP contribution in [-0.2, 0) is 0 Å². The van der Waals surface area contributed by atoms with E-state index in [9.17, 15) is 0 Å². The Hall–Kier alpha value is -1.09. The number of piperidine rings is 1. The maximum atomic E-state index is 6.09. The molecule has 0 aromatic carbocycles. The number of aryl methyl sites for hydroxylation is 1. The molecule has 1 aliphatic rings. The smallest absolute Gasteiger partial charge is 0.0555 e. The van der Waals surface area contributed by atoms with Crippen LogP contribution in [0.1, 0.15) is 26.0 Å². The minimum atomic E-state index is 0.338. The first kappa shape index (κ1) is 11.4. The van der Waals surface area contributed by atoms with Crippen LogP contribution >= 0.6 is 0 Å². The van der Waals surface area contributed by atoms with Crippen LogP contribution in [0.2, 0.25) is 0 Å². The van der Waals surface area contributed by atoms with Crippen molar-refractivity contribution in [2.75, 3.05) is 11.4 Å². The van der Waals surface area contributed by atoms with E-state index >= 15 is 0 Å². The monoisotopic (exact) mass is 219 g/mol. The first-order chi connectivity index (χ1) is 7.59. The van der Waals surface area contributed by atoms with Gasteiger partial charge in [0, 0.05) is 24.3 Å². The number of aromatic nitrogens is 1. The normalized spacial score (nSPS) is 30.5. The summed E-state index contributed by atoms with van der Waals surface area (Å²) in [6, 6.07) is 5.06. The average molecular weight is 219 g/mol. The number of pyridine rings is 1.